The number of ether oxygens (including phenoxy) is 2. The van der Waals surface area contributed by atoms with Crippen molar-refractivity contribution >= 4 is 5.91 Å². The molecule has 0 fully saturated rings. The normalized spacial score (nSPS) is 10.4. The van der Waals surface area contributed by atoms with Crippen LogP contribution in [0.25, 0.3) is 11.3 Å². The average Bonchev–Trinajstić information content (AvgIpc) is 3.17. The Bertz CT molecular complexity index is 887. The SMILES string of the molecule is COc1ccc(CC(=O)NCCc2cc(-c3cccc(OC)c3)on2)cc1. The fraction of sp³-hybridized carbons (Fsp3) is 0.238. The Labute approximate surface area is 158 Å². The molecule has 0 bridgehead atoms. The number of rotatable bonds is 8. The van der Waals surface area contributed by atoms with Crippen molar-refractivity contribution < 1.29 is 18.8 Å². The molecule has 6 nitrogen and oxygen atoms in total. The van der Waals surface area contributed by atoms with Crippen LogP contribution in [0.15, 0.2) is 59.1 Å². The molecule has 2 aromatic carbocycles. The third-order valence-electron chi connectivity index (χ3n) is 4.14. The summed E-state index contributed by atoms with van der Waals surface area (Å²) in [6, 6.07) is 16.9. The Morgan fingerprint density at radius 1 is 1.04 bits per heavy atom. The molecule has 3 rings (SSSR count). The molecule has 0 aliphatic heterocycles. The van der Waals surface area contributed by atoms with Gasteiger partial charge in [0.1, 0.15) is 11.5 Å². The van der Waals surface area contributed by atoms with E-state index >= 15 is 0 Å². The van der Waals surface area contributed by atoms with Gasteiger partial charge in [0.05, 0.1) is 26.3 Å². The summed E-state index contributed by atoms with van der Waals surface area (Å²) in [6.07, 6.45) is 0.930. The van der Waals surface area contributed by atoms with Crippen molar-refractivity contribution in [2.45, 2.75) is 12.8 Å². The van der Waals surface area contributed by atoms with Crippen molar-refractivity contribution in [1.82, 2.24) is 10.5 Å². The van der Waals surface area contributed by atoms with E-state index in [9.17, 15) is 4.79 Å². The Kier molecular flexibility index (Phi) is 6.10. The molecule has 1 heterocycles. The van der Waals surface area contributed by atoms with Crippen molar-refractivity contribution in [3.8, 4) is 22.8 Å². The lowest BCUT2D eigenvalue weighted by atomic mass is 10.1. The predicted octanol–water partition coefficient (Wildman–Crippen LogP) is 3.26. The first kappa shape index (κ1) is 18.5. The maximum atomic E-state index is 12.1. The summed E-state index contributed by atoms with van der Waals surface area (Å²) in [5.74, 6) is 2.18. The number of nitrogens with one attached hydrogen (secondary N) is 1. The highest BCUT2D eigenvalue weighted by atomic mass is 16.5. The van der Waals surface area contributed by atoms with Crippen LogP contribution in [-0.4, -0.2) is 31.8 Å². The highest BCUT2D eigenvalue weighted by molar-refractivity contribution is 5.78. The van der Waals surface area contributed by atoms with Gasteiger partial charge in [-0.3, -0.25) is 4.79 Å². The molecule has 0 saturated heterocycles. The summed E-state index contributed by atoms with van der Waals surface area (Å²) in [7, 11) is 3.24. The Morgan fingerprint density at radius 3 is 2.56 bits per heavy atom. The zero-order valence-corrected chi connectivity index (χ0v) is 15.4. The second-order valence-corrected chi connectivity index (χ2v) is 6.04. The van der Waals surface area contributed by atoms with Crippen molar-refractivity contribution in [2.75, 3.05) is 20.8 Å². The summed E-state index contributed by atoms with van der Waals surface area (Å²) in [4.78, 5) is 12.1. The van der Waals surface area contributed by atoms with Crippen LogP contribution >= 0.6 is 0 Å². The van der Waals surface area contributed by atoms with Crippen molar-refractivity contribution in [1.29, 1.82) is 0 Å². The lowest BCUT2D eigenvalue weighted by molar-refractivity contribution is -0.120. The molecule has 1 N–H and O–H groups in total. The number of nitrogens with zero attached hydrogens (tertiary/aromatic N) is 1. The Morgan fingerprint density at radius 2 is 1.81 bits per heavy atom. The van der Waals surface area contributed by atoms with Gasteiger partial charge < -0.3 is 19.3 Å². The molecule has 0 aliphatic rings. The zero-order chi connectivity index (χ0) is 19.1. The molecule has 0 unspecified atom stereocenters. The van der Waals surface area contributed by atoms with Crippen molar-refractivity contribution in [2.24, 2.45) is 0 Å². The second-order valence-electron chi connectivity index (χ2n) is 6.04. The van der Waals surface area contributed by atoms with Gasteiger partial charge in [-0.2, -0.15) is 0 Å². The van der Waals surface area contributed by atoms with Gasteiger partial charge >= 0.3 is 0 Å². The first-order valence-corrected chi connectivity index (χ1v) is 8.67. The molecule has 140 valence electrons. The molecule has 6 heteroatoms. The van der Waals surface area contributed by atoms with Crippen LogP contribution < -0.4 is 14.8 Å². The van der Waals surface area contributed by atoms with Crippen LogP contribution in [0.1, 0.15) is 11.3 Å². The van der Waals surface area contributed by atoms with Crippen LogP contribution in [0.3, 0.4) is 0 Å². The number of carbonyl (C=O) groups is 1. The van der Waals surface area contributed by atoms with E-state index in [-0.39, 0.29) is 5.91 Å². The van der Waals surface area contributed by atoms with E-state index in [4.69, 9.17) is 14.0 Å². The van der Waals surface area contributed by atoms with Crippen LogP contribution in [-0.2, 0) is 17.6 Å². The van der Waals surface area contributed by atoms with Crippen LogP contribution in [0, 0.1) is 0 Å². The molecule has 0 saturated carbocycles. The van der Waals surface area contributed by atoms with Crippen molar-refractivity contribution in [3.05, 3.63) is 65.9 Å². The lowest BCUT2D eigenvalue weighted by Crippen LogP contribution is -2.27. The standard InChI is InChI=1S/C21H22N2O4/c1-25-18-8-6-15(7-9-18)12-21(24)22-11-10-17-14-20(27-23-17)16-4-3-5-19(13-16)26-2/h3-9,13-14H,10-12H2,1-2H3,(H,22,24). The minimum Gasteiger partial charge on any atom is -0.497 e. The number of hydrogen-bond donors (Lipinski definition) is 1. The minimum absolute atomic E-state index is 0.0309. The first-order chi connectivity index (χ1) is 13.2. The summed E-state index contributed by atoms with van der Waals surface area (Å²) < 4.78 is 15.7. The summed E-state index contributed by atoms with van der Waals surface area (Å²) in [6.45, 7) is 0.499. The minimum atomic E-state index is -0.0309. The molecular formula is C21H22N2O4. The van der Waals surface area contributed by atoms with E-state index in [1.165, 1.54) is 0 Å². The first-order valence-electron chi connectivity index (χ1n) is 8.67. The van der Waals surface area contributed by atoms with Crippen LogP contribution in [0.5, 0.6) is 11.5 Å². The average molecular weight is 366 g/mol. The molecule has 1 aromatic heterocycles. The Hall–Kier alpha value is -3.28. The third-order valence-corrected chi connectivity index (χ3v) is 4.14. The van der Waals surface area contributed by atoms with Gasteiger partial charge in [0.25, 0.3) is 0 Å². The number of methoxy groups -OCH3 is 2. The van der Waals surface area contributed by atoms with Gasteiger partial charge in [0.2, 0.25) is 5.91 Å². The number of hydrogen-bond acceptors (Lipinski definition) is 5. The molecule has 0 spiro atoms. The van der Waals surface area contributed by atoms with Gasteiger partial charge in [0.15, 0.2) is 5.76 Å². The molecule has 27 heavy (non-hydrogen) atoms. The predicted molar refractivity (Wildman–Crippen MR) is 102 cm³/mol. The number of benzene rings is 2. The largest absolute Gasteiger partial charge is 0.497 e. The molecule has 0 radical (unpaired) electrons. The molecular weight excluding hydrogens is 344 g/mol. The van der Waals surface area contributed by atoms with E-state index in [1.807, 2.05) is 54.6 Å². The maximum Gasteiger partial charge on any atom is 0.224 e. The van der Waals surface area contributed by atoms with Gasteiger partial charge in [0, 0.05) is 24.6 Å². The van der Waals surface area contributed by atoms with E-state index < -0.39 is 0 Å². The number of aromatic nitrogens is 1. The summed E-state index contributed by atoms with van der Waals surface area (Å²) in [5, 5.41) is 6.97. The highest BCUT2D eigenvalue weighted by Gasteiger charge is 2.09. The fourth-order valence-corrected chi connectivity index (χ4v) is 2.66. The maximum absolute atomic E-state index is 12.1. The van der Waals surface area contributed by atoms with E-state index in [1.54, 1.807) is 14.2 Å². The van der Waals surface area contributed by atoms with Gasteiger partial charge in [-0.05, 0) is 29.8 Å². The Balaban J connectivity index is 1.48. The lowest BCUT2D eigenvalue weighted by Gasteiger charge is -2.05. The summed E-state index contributed by atoms with van der Waals surface area (Å²) >= 11 is 0. The van der Waals surface area contributed by atoms with E-state index in [2.05, 4.69) is 10.5 Å². The quantitative estimate of drug-likeness (QED) is 0.662. The zero-order valence-electron chi connectivity index (χ0n) is 15.4. The van der Waals surface area contributed by atoms with Crippen LogP contribution in [0.2, 0.25) is 0 Å². The van der Waals surface area contributed by atoms with Gasteiger partial charge in [-0.1, -0.05) is 29.4 Å². The van der Waals surface area contributed by atoms with Gasteiger partial charge in [-0.25, -0.2) is 0 Å². The van der Waals surface area contributed by atoms with E-state index in [0.29, 0.717) is 25.1 Å². The highest BCUT2D eigenvalue weighted by Crippen LogP contribution is 2.24. The molecule has 0 atom stereocenters. The van der Waals surface area contributed by atoms with E-state index in [0.717, 1.165) is 28.3 Å². The third kappa shape index (κ3) is 5.10. The van der Waals surface area contributed by atoms with Crippen molar-refractivity contribution in [3.63, 3.8) is 0 Å². The molecule has 0 aliphatic carbocycles. The molecule has 3 aromatic rings. The molecule has 1 amide bonds. The fourth-order valence-electron chi connectivity index (χ4n) is 2.66. The number of amides is 1. The number of carbonyl (C=O) groups excluding carboxylic acids is 1. The topological polar surface area (TPSA) is 73.6 Å². The van der Waals surface area contributed by atoms with Gasteiger partial charge in [-0.15, -0.1) is 0 Å². The summed E-state index contributed by atoms with van der Waals surface area (Å²) in [5.41, 5.74) is 2.63. The van der Waals surface area contributed by atoms with Crippen LogP contribution in [0.4, 0.5) is 0 Å². The smallest absolute Gasteiger partial charge is 0.224 e. The second kappa shape index (κ2) is 8.89. The monoisotopic (exact) mass is 366 g/mol.